The number of hydrogen-bond donors (Lipinski definition) is 1. The highest BCUT2D eigenvalue weighted by atomic mass is 16.2. The number of rotatable bonds is 2. The second kappa shape index (κ2) is 6.09. The smallest absolute Gasteiger partial charge is 0.321 e. The van der Waals surface area contributed by atoms with Crippen molar-refractivity contribution >= 4 is 11.7 Å². The number of urea groups is 1. The predicted octanol–water partition coefficient (Wildman–Crippen LogP) is 4.07. The standard InChI is InChI=1S/C16H24N2O/c1-12(2)14-4-6-15(7-5-14)17-16(19)18-10-8-13(3)9-11-18/h4-7,12-13H,8-11H2,1-3H3,(H,17,19). The lowest BCUT2D eigenvalue weighted by atomic mass is 10.00. The molecule has 1 fully saturated rings. The zero-order valence-corrected chi connectivity index (χ0v) is 12.1. The van der Waals surface area contributed by atoms with E-state index in [1.165, 1.54) is 5.56 Å². The van der Waals surface area contributed by atoms with Gasteiger partial charge in [0.1, 0.15) is 0 Å². The highest BCUT2D eigenvalue weighted by Gasteiger charge is 2.20. The first-order chi connectivity index (χ1) is 9.06. The van der Waals surface area contributed by atoms with Crippen molar-refractivity contribution in [1.82, 2.24) is 4.90 Å². The van der Waals surface area contributed by atoms with E-state index in [-0.39, 0.29) is 6.03 Å². The molecule has 0 aromatic heterocycles. The minimum absolute atomic E-state index is 0.0317. The minimum atomic E-state index is 0.0317. The van der Waals surface area contributed by atoms with Gasteiger partial charge in [-0.05, 0) is 42.4 Å². The van der Waals surface area contributed by atoms with Crippen molar-refractivity contribution in [2.45, 2.75) is 39.5 Å². The minimum Gasteiger partial charge on any atom is -0.325 e. The molecule has 1 heterocycles. The van der Waals surface area contributed by atoms with Gasteiger partial charge in [0, 0.05) is 18.8 Å². The summed E-state index contributed by atoms with van der Waals surface area (Å²) in [5.41, 5.74) is 2.18. The summed E-state index contributed by atoms with van der Waals surface area (Å²) >= 11 is 0. The van der Waals surface area contributed by atoms with E-state index in [0.29, 0.717) is 5.92 Å². The zero-order chi connectivity index (χ0) is 13.8. The molecule has 1 aromatic carbocycles. The second-order valence-corrected chi connectivity index (χ2v) is 5.88. The van der Waals surface area contributed by atoms with Gasteiger partial charge in [0.2, 0.25) is 0 Å². The van der Waals surface area contributed by atoms with Crippen molar-refractivity contribution in [3.8, 4) is 0 Å². The Balaban J connectivity index is 1.91. The number of anilines is 1. The molecule has 0 aliphatic carbocycles. The summed E-state index contributed by atoms with van der Waals surface area (Å²) in [5, 5.41) is 2.98. The van der Waals surface area contributed by atoms with Crippen molar-refractivity contribution in [1.29, 1.82) is 0 Å². The van der Waals surface area contributed by atoms with Crippen LogP contribution in [0.3, 0.4) is 0 Å². The van der Waals surface area contributed by atoms with Crippen LogP contribution in [0.5, 0.6) is 0 Å². The summed E-state index contributed by atoms with van der Waals surface area (Å²) in [6.45, 7) is 8.33. The number of amides is 2. The van der Waals surface area contributed by atoms with Gasteiger partial charge in [0.05, 0.1) is 0 Å². The average Bonchev–Trinajstić information content (AvgIpc) is 2.40. The van der Waals surface area contributed by atoms with Crippen LogP contribution in [0, 0.1) is 5.92 Å². The number of likely N-dealkylation sites (tertiary alicyclic amines) is 1. The highest BCUT2D eigenvalue weighted by molar-refractivity contribution is 5.89. The lowest BCUT2D eigenvalue weighted by Crippen LogP contribution is -2.40. The van der Waals surface area contributed by atoms with Gasteiger partial charge in [0.15, 0.2) is 0 Å². The molecule has 1 aliphatic heterocycles. The summed E-state index contributed by atoms with van der Waals surface area (Å²) in [7, 11) is 0. The lowest BCUT2D eigenvalue weighted by Gasteiger charge is -2.30. The number of hydrogen-bond acceptors (Lipinski definition) is 1. The Morgan fingerprint density at radius 3 is 2.32 bits per heavy atom. The fraction of sp³-hybridized carbons (Fsp3) is 0.562. The third kappa shape index (κ3) is 3.72. The van der Waals surface area contributed by atoms with Crippen molar-refractivity contribution < 1.29 is 4.79 Å². The largest absolute Gasteiger partial charge is 0.325 e. The number of carbonyl (C=O) groups is 1. The first-order valence-corrected chi connectivity index (χ1v) is 7.22. The molecule has 1 aliphatic rings. The number of nitrogens with zero attached hydrogens (tertiary/aromatic N) is 1. The molecule has 0 spiro atoms. The fourth-order valence-electron chi connectivity index (χ4n) is 2.37. The van der Waals surface area contributed by atoms with Gasteiger partial charge in [-0.15, -0.1) is 0 Å². The highest BCUT2D eigenvalue weighted by Crippen LogP contribution is 2.19. The summed E-state index contributed by atoms with van der Waals surface area (Å²) in [5.74, 6) is 1.27. The average molecular weight is 260 g/mol. The van der Waals surface area contributed by atoms with Gasteiger partial charge in [-0.25, -0.2) is 4.79 Å². The van der Waals surface area contributed by atoms with Crippen LogP contribution in [-0.4, -0.2) is 24.0 Å². The molecule has 2 amide bonds. The van der Waals surface area contributed by atoms with Gasteiger partial charge in [-0.2, -0.15) is 0 Å². The molecule has 1 saturated heterocycles. The Bertz CT molecular complexity index is 417. The first-order valence-electron chi connectivity index (χ1n) is 7.22. The van der Waals surface area contributed by atoms with Crippen LogP contribution >= 0.6 is 0 Å². The van der Waals surface area contributed by atoms with Gasteiger partial charge in [0.25, 0.3) is 0 Å². The van der Waals surface area contributed by atoms with Crippen LogP contribution in [0.4, 0.5) is 10.5 Å². The van der Waals surface area contributed by atoms with Gasteiger partial charge in [-0.1, -0.05) is 32.9 Å². The van der Waals surface area contributed by atoms with Crippen LogP contribution in [-0.2, 0) is 0 Å². The molecule has 2 rings (SSSR count). The topological polar surface area (TPSA) is 32.3 Å². The molecule has 1 aromatic rings. The van der Waals surface area contributed by atoms with E-state index in [0.717, 1.165) is 37.5 Å². The Morgan fingerprint density at radius 2 is 1.79 bits per heavy atom. The molecule has 0 unspecified atom stereocenters. The van der Waals surface area contributed by atoms with Crippen LogP contribution in [0.25, 0.3) is 0 Å². The monoisotopic (exact) mass is 260 g/mol. The van der Waals surface area contributed by atoms with Gasteiger partial charge >= 0.3 is 6.03 Å². The van der Waals surface area contributed by atoms with E-state index in [9.17, 15) is 4.79 Å². The third-order valence-electron chi connectivity index (χ3n) is 3.90. The Morgan fingerprint density at radius 1 is 1.21 bits per heavy atom. The van der Waals surface area contributed by atoms with E-state index in [1.807, 2.05) is 17.0 Å². The Kier molecular flexibility index (Phi) is 4.46. The van der Waals surface area contributed by atoms with Crippen LogP contribution in [0.2, 0.25) is 0 Å². The molecule has 0 atom stereocenters. The summed E-state index contributed by atoms with van der Waals surface area (Å²) in [6.07, 6.45) is 2.22. The van der Waals surface area contributed by atoms with Crippen molar-refractivity contribution in [3.05, 3.63) is 29.8 Å². The molecule has 0 radical (unpaired) electrons. The van der Waals surface area contributed by atoms with Crippen molar-refractivity contribution in [2.24, 2.45) is 5.92 Å². The molecule has 3 heteroatoms. The van der Waals surface area contributed by atoms with E-state index in [1.54, 1.807) is 0 Å². The van der Waals surface area contributed by atoms with E-state index >= 15 is 0 Å². The number of carbonyl (C=O) groups excluding carboxylic acids is 1. The maximum atomic E-state index is 12.1. The van der Waals surface area contributed by atoms with E-state index in [4.69, 9.17) is 0 Å². The fourth-order valence-corrected chi connectivity index (χ4v) is 2.37. The molecule has 0 saturated carbocycles. The van der Waals surface area contributed by atoms with Crippen LogP contribution < -0.4 is 5.32 Å². The lowest BCUT2D eigenvalue weighted by molar-refractivity contribution is 0.186. The van der Waals surface area contributed by atoms with Crippen molar-refractivity contribution in [3.63, 3.8) is 0 Å². The maximum Gasteiger partial charge on any atom is 0.321 e. The number of benzene rings is 1. The van der Waals surface area contributed by atoms with Crippen molar-refractivity contribution in [2.75, 3.05) is 18.4 Å². The molecular formula is C16H24N2O. The molecular weight excluding hydrogens is 236 g/mol. The maximum absolute atomic E-state index is 12.1. The van der Waals surface area contributed by atoms with Crippen LogP contribution in [0.1, 0.15) is 45.1 Å². The normalized spacial score (nSPS) is 16.7. The summed E-state index contributed by atoms with van der Waals surface area (Å²) in [4.78, 5) is 14.0. The Hall–Kier alpha value is -1.51. The number of nitrogens with one attached hydrogen (secondary N) is 1. The second-order valence-electron chi connectivity index (χ2n) is 5.88. The molecule has 3 nitrogen and oxygen atoms in total. The van der Waals surface area contributed by atoms with Gasteiger partial charge in [-0.3, -0.25) is 0 Å². The quantitative estimate of drug-likeness (QED) is 0.854. The third-order valence-corrected chi connectivity index (χ3v) is 3.90. The van der Waals surface area contributed by atoms with Crippen LogP contribution in [0.15, 0.2) is 24.3 Å². The summed E-state index contributed by atoms with van der Waals surface area (Å²) < 4.78 is 0. The Labute approximate surface area is 116 Å². The van der Waals surface area contributed by atoms with E-state index in [2.05, 4.69) is 38.2 Å². The molecule has 104 valence electrons. The molecule has 1 N–H and O–H groups in total. The summed E-state index contributed by atoms with van der Waals surface area (Å²) in [6, 6.07) is 8.17. The number of piperidine rings is 1. The molecule has 19 heavy (non-hydrogen) atoms. The predicted molar refractivity (Wildman–Crippen MR) is 79.5 cm³/mol. The molecule has 0 bridgehead atoms. The SMILES string of the molecule is CC1CCN(C(=O)Nc2ccc(C(C)C)cc2)CC1. The van der Waals surface area contributed by atoms with Gasteiger partial charge < -0.3 is 10.2 Å². The van der Waals surface area contributed by atoms with E-state index < -0.39 is 0 Å². The zero-order valence-electron chi connectivity index (χ0n) is 12.1. The first kappa shape index (κ1) is 13.9.